The van der Waals surface area contributed by atoms with Gasteiger partial charge >= 0.3 is 0 Å². The van der Waals surface area contributed by atoms with Crippen LogP contribution >= 0.6 is 0 Å². The Balaban J connectivity index is 2.34. The van der Waals surface area contributed by atoms with Gasteiger partial charge in [-0.3, -0.25) is 9.69 Å². The second-order valence-electron chi connectivity index (χ2n) is 4.02. The van der Waals surface area contributed by atoms with Crippen molar-refractivity contribution in [3.8, 4) is 0 Å². The fraction of sp³-hybridized carbons (Fsp3) is 0.727. The summed E-state index contributed by atoms with van der Waals surface area (Å²) >= 11 is 0. The van der Waals surface area contributed by atoms with Gasteiger partial charge in [0.2, 0.25) is 5.91 Å². The Morgan fingerprint density at radius 2 is 2.40 bits per heavy atom. The second-order valence-corrected chi connectivity index (χ2v) is 4.02. The summed E-state index contributed by atoms with van der Waals surface area (Å²) in [7, 11) is 0. The van der Waals surface area contributed by atoms with Gasteiger partial charge in [-0.25, -0.2) is 0 Å². The molecule has 1 amide bonds. The molecular weight excluding hydrogens is 192 g/mol. The molecule has 0 saturated carbocycles. The van der Waals surface area contributed by atoms with Gasteiger partial charge in [0.25, 0.3) is 0 Å². The molecule has 1 heterocycles. The molecule has 15 heavy (non-hydrogen) atoms. The van der Waals surface area contributed by atoms with Crippen LogP contribution in [-0.4, -0.2) is 49.2 Å². The molecule has 1 aliphatic rings. The maximum absolute atomic E-state index is 11.5. The van der Waals surface area contributed by atoms with Crippen LogP contribution in [0.4, 0.5) is 0 Å². The first-order chi connectivity index (χ1) is 7.13. The minimum absolute atomic E-state index is 0.0517. The Morgan fingerprint density at radius 1 is 1.67 bits per heavy atom. The third-order valence-corrected chi connectivity index (χ3v) is 2.53. The standard InChI is InChI=1S/C11H20N2O2/c1-4-5-12-11(14)7-13-6-10(3)15-8-9(13)2/h4,9-10H,1,5-8H2,2-3H3,(H,12,14)/t9-,10-/m0/s1. The van der Waals surface area contributed by atoms with E-state index in [1.54, 1.807) is 6.08 Å². The molecule has 0 aromatic carbocycles. The van der Waals surface area contributed by atoms with Crippen LogP contribution in [0.25, 0.3) is 0 Å². The number of carbonyl (C=O) groups is 1. The Hall–Kier alpha value is -0.870. The lowest BCUT2D eigenvalue weighted by molar-refractivity contribution is -0.125. The molecule has 2 atom stereocenters. The summed E-state index contributed by atoms with van der Waals surface area (Å²) in [5, 5.41) is 2.78. The largest absolute Gasteiger partial charge is 0.376 e. The number of amides is 1. The van der Waals surface area contributed by atoms with Crippen molar-refractivity contribution in [2.24, 2.45) is 0 Å². The Bertz CT molecular complexity index is 231. The molecule has 0 aromatic rings. The van der Waals surface area contributed by atoms with E-state index in [9.17, 15) is 4.79 Å². The highest BCUT2D eigenvalue weighted by Crippen LogP contribution is 2.10. The maximum atomic E-state index is 11.5. The van der Waals surface area contributed by atoms with E-state index in [0.29, 0.717) is 25.7 Å². The van der Waals surface area contributed by atoms with E-state index in [1.165, 1.54) is 0 Å². The van der Waals surface area contributed by atoms with Crippen LogP contribution in [0.1, 0.15) is 13.8 Å². The second kappa shape index (κ2) is 5.88. The van der Waals surface area contributed by atoms with Gasteiger partial charge in [0, 0.05) is 19.1 Å². The molecule has 1 fully saturated rings. The maximum Gasteiger partial charge on any atom is 0.234 e. The van der Waals surface area contributed by atoms with Gasteiger partial charge in [-0.15, -0.1) is 6.58 Å². The van der Waals surface area contributed by atoms with Gasteiger partial charge < -0.3 is 10.1 Å². The summed E-state index contributed by atoms with van der Waals surface area (Å²) in [6, 6.07) is 0.315. The highest BCUT2D eigenvalue weighted by Gasteiger charge is 2.24. The normalized spacial score (nSPS) is 27.3. The van der Waals surface area contributed by atoms with Gasteiger partial charge in [0.1, 0.15) is 0 Å². The van der Waals surface area contributed by atoms with Crippen LogP contribution in [0.2, 0.25) is 0 Å². The van der Waals surface area contributed by atoms with Crippen LogP contribution in [0, 0.1) is 0 Å². The molecule has 0 aromatic heterocycles. The number of hydrogen-bond acceptors (Lipinski definition) is 3. The summed E-state index contributed by atoms with van der Waals surface area (Å²) in [6.45, 7) is 10.2. The molecule has 1 saturated heterocycles. The quantitative estimate of drug-likeness (QED) is 0.686. The van der Waals surface area contributed by atoms with E-state index in [0.717, 1.165) is 6.54 Å². The smallest absolute Gasteiger partial charge is 0.234 e. The number of rotatable bonds is 4. The van der Waals surface area contributed by atoms with Crippen molar-refractivity contribution in [1.82, 2.24) is 10.2 Å². The fourth-order valence-electron chi connectivity index (χ4n) is 1.62. The predicted octanol–water partition coefficient (Wildman–Crippen LogP) is 0.398. The number of morpholine rings is 1. The minimum Gasteiger partial charge on any atom is -0.376 e. The van der Waals surface area contributed by atoms with Crippen LogP contribution in [0.15, 0.2) is 12.7 Å². The molecule has 86 valence electrons. The van der Waals surface area contributed by atoms with Crippen molar-refractivity contribution in [1.29, 1.82) is 0 Å². The van der Waals surface area contributed by atoms with E-state index < -0.39 is 0 Å². The molecule has 0 bridgehead atoms. The summed E-state index contributed by atoms with van der Waals surface area (Å²) in [4.78, 5) is 13.6. The van der Waals surface area contributed by atoms with Gasteiger partial charge in [-0.2, -0.15) is 0 Å². The average molecular weight is 212 g/mol. The lowest BCUT2D eigenvalue weighted by atomic mass is 10.2. The molecule has 0 radical (unpaired) electrons. The SMILES string of the molecule is C=CCNC(=O)CN1C[C@H](C)OC[C@@H]1C. The van der Waals surface area contributed by atoms with Crippen LogP contribution in [-0.2, 0) is 9.53 Å². The van der Waals surface area contributed by atoms with Gasteiger partial charge in [0.15, 0.2) is 0 Å². The zero-order valence-corrected chi connectivity index (χ0v) is 9.53. The first-order valence-electron chi connectivity index (χ1n) is 5.36. The zero-order valence-electron chi connectivity index (χ0n) is 9.53. The third-order valence-electron chi connectivity index (χ3n) is 2.53. The number of hydrogen-bond donors (Lipinski definition) is 1. The Morgan fingerprint density at radius 3 is 3.07 bits per heavy atom. The Labute approximate surface area is 91.3 Å². The van der Waals surface area contributed by atoms with Gasteiger partial charge in [-0.05, 0) is 13.8 Å². The number of carbonyl (C=O) groups excluding carboxylic acids is 1. The van der Waals surface area contributed by atoms with E-state index in [4.69, 9.17) is 4.74 Å². The molecule has 1 N–H and O–H groups in total. The molecule has 0 aliphatic carbocycles. The minimum atomic E-state index is 0.0517. The lowest BCUT2D eigenvalue weighted by Gasteiger charge is -2.36. The van der Waals surface area contributed by atoms with Crippen LogP contribution in [0.3, 0.4) is 0 Å². The first-order valence-corrected chi connectivity index (χ1v) is 5.36. The molecule has 0 spiro atoms. The van der Waals surface area contributed by atoms with Crippen molar-refractivity contribution in [2.45, 2.75) is 26.0 Å². The molecule has 4 heteroatoms. The third kappa shape index (κ3) is 4.01. The summed E-state index contributed by atoms with van der Waals surface area (Å²) in [5.74, 6) is 0.0517. The Kier molecular flexibility index (Phi) is 4.78. The summed E-state index contributed by atoms with van der Waals surface area (Å²) in [5.41, 5.74) is 0. The van der Waals surface area contributed by atoms with Crippen molar-refractivity contribution < 1.29 is 9.53 Å². The number of nitrogens with zero attached hydrogens (tertiary/aromatic N) is 1. The molecule has 0 unspecified atom stereocenters. The van der Waals surface area contributed by atoms with Crippen molar-refractivity contribution in [3.63, 3.8) is 0 Å². The summed E-state index contributed by atoms with van der Waals surface area (Å²) in [6.07, 6.45) is 1.90. The van der Waals surface area contributed by atoms with E-state index in [1.807, 2.05) is 6.92 Å². The van der Waals surface area contributed by atoms with E-state index >= 15 is 0 Å². The molecule has 1 rings (SSSR count). The molecule has 4 nitrogen and oxygen atoms in total. The topological polar surface area (TPSA) is 41.6 Å². The summed E-state index contributed by atoms with van der Waals surface area (Å²) < 4.78 is 5.49. The first kappa shape index (κ1) is 12.2. The van der Waals surface area contributed by atoms with Crippen LogP contribution < -0.4 is 5.32 Å². The highest BCUT2D eigenvalue weighted by molar-refractivity contribution is 5.78. The van der Waals surface area contributed by atoms with E-state index in [-0.39, 0.29) is 12.0 Å². The number of nitrogens with one attached hydrogen (secondary N) is 1. The highest BCUT2D eigenvalue weighted by atomic mass is 16.5. The van der Waals surface area contributed by atoms with Crippen molar-refractivity contribution >= 4 is 5.91 Å². The van der Waals surface area contributed by atoms with Crippen molar-refractivity contribution in [3.05, 3.63) is 12.7 Å². The van der Waals surface area contributed by atoms with Gasteiger partial charge in [0.05, 0.1) is 19.3 Å². The van der Waals surface area contributed by atoms with Crippen molar-refractivity contribution in [2.75, 3.05) is 26.2 Å². The van der Waals surface area contributed by atoms with Crippen LogP contribution in [0.5, 0.6) is 0 Å². The van der Waals surface area contributed by atoms with Gasteiger partial charge in [-0.1, -0.05) is 6.08 Å². The monoisotopic (exact) mass is 212 g/mol. The molecular formula is C11H20N2O2. The molecule has 1 aliphatic heterocycles. The number of ether oxygens (including phenoxy) is 1. The average Bonchev–Trinajstić information content (AvgIpc) is 2.20. The lowest BCUT2D eigenvalue weighted by Crippen LogP contribution is -2.50. The zero-order chi connectivity index (χ0) is 11.3. The predicted molar refractivity (Wildman–Crippen MR) is 59.7 cm³/mol. The fourth-order valence-corrected chi connectivity index (χ4v) is 1.62. The van der Waals surface area contributed by atoms with E-state index in [2.05, 4.69) is 23.7 Å².